The number of hydrogen-bond acceptors (Lipinski definition) is 7. The summed E-state index contributed by atoms with van der Waals surface area (Å²) in [5, 5.41) is 10.9. The molecule has 0 spiro atoms. The van der Waals surface area contributed by atoms with E-state index in [9.17, 15) is 13.5 Å². The Morgan fingerprint density at radius 3 is 2.45 bits per heavy atom. The Labute approximate surface area is 200 Å². The number of anilines is 1. The lowest BCUT2D eigenvalue weighted by Crippen LogP contribution is -2.38. The second kappa shape index (κ2) is 10.8. The quantitative estimate of drug-likeness (QED) is 0.302. The van der Waals surface area contributed by atoms with Crippen molar-refractivity contribution in [1.29, 1.82) is 0 Å². The number of para-hydroxylation sites is 1. The Bertz CT molecular complexity index is 1100. The number of rotatable bonds is 7. The molecule has 0 aliphatic heterocycles. The standard InChI is InChI=1S/C19H26BrN5O3S3/c1-6-25(7-2)31(27,28)19-16(26)15(12(3)30-19)24(4)18(23-29-5)17(21)22-14-11-9-8-10-13(14)20/h8-11,26H,6-7H2,1-5H3,(H2,21,22). The highest BCUT2D eigenvalue weighted by Crippen LogP contribution is 2.44. The van der Waals surface area contributed by atoms with E-state index >= 15 is 0 Å². The number of nitrogens with two attached hydrogens (primary N) is 1. The topological polar surface area (TPSA) is 112 Å². The van der Waals surface area contributed by atoms with Gasteiger partial charge < -0.3 is 15.7 Å². The van der Waals surface area contributed by atoms with Crippen molar-refractivity contribution in [2.75, 3.05) is 31.3 Å². The number of aromatic hydroxyl groups is 1. The van der Waals surface area contributed by atoms with Gasteiger partial charge in [-0.2, -0.15) is 8.70 Å². The third kappa shape index (κ3) is 5.43. The van der Waals surface area contributed by atoms with Gasteiger partial charge in [-0.3, -0.25) is 0 Å². The summed E-state index contributed by atoms with van der Waals surface area (Å²) in [6.45, 7) is 5.88. The van der Waals surface area contributed by atoms with Crippen molar-refractivity contribution in [1.82, 2.24) is 4.31 Å². The predicted molar refractivity (Wildman–Crippen MR) is 136 cm³/mol. The van der Waals surface area contributed by atoms with E-state index < -0.39 is 10.0 Å². The minimum Gasteiger partial charge on any atom is -0.504 e. The van der Waals surface area contributed by atoms with Crippen molar-refractivity contribution < 1.29 is 13.5 Å². The molecule has 170 valence electrons. The Balaban J connectivity index is 2.56. The highest BCUT2D eigenvalue weighted by molar-refractivity contribution is 9.10. The molecule has 0 aliphatic carbocycles. The maximum absolute atomic E-state index is 13.0. The van der Waals surface area contributed by atoms with Crippen LogP contribution >= 0.6 is 39.2 Å². The van der Waals surface area contributed by atoms with Crippen LogP contribution in [0.5, 0.6) is 5.75 Å². The Kier molecular flexibility index (Phi) is 8.95. The van der Waals surface area contributed by atoms with E-state index in [1.54, 1.807) is 45.0 Å². The van der Waals surface area contributed by atoms with Crippen LogP contribution in [-0.2, 0) is 10.0 Å². The second-order valence-electron chi connectivity index (χ2n) is 6.34. The number of amidine groups is 2. The SMILES string of the molecule is CCN(CC)S(=O)(=O)c1sc(C)c(N(C)C(=NSC)C(N)=Nc2ccccc2Br)c1O. The maximum Gasteiger partial charge on any atom is 0.256 e. The zero-order valence-electron chi connectivity index (χ0n) is 18.0. The van der Waals surface area contributed by atoms with E-state index in [1.807, 2.05) is 18.2 Å². The molecule has 0 saturated carbocycles. The van der Waals surface area contributed by atoms with Gasteiger partial charge in [0.2, 0.25) is 0 Å². The highest BCUT2D eigenvalue weighted by Gasteiger charge is 2.32. The van der Waals surface area contributed by atoms with Crippen LogP contribution in [0.15, 0.2) is 42.3 Å². The summed E-state index contributed by atoms with van der Waals surface area (Å²) in [4.78, 5) is 6.63. The van der Waals surface area contributed by atoms with Crippen LogP contribution in [0, 0.1) is 6.92 Å². The molecule has 2 rings (SSSR count). The van der Waals surface area contributed by atoms with Crippen LogP contribution < -0.4 is 10.6 Å². The average Bonchev–Trinajstić information content (AvgIpc) is 3.02. The van der Waals surface area contributed by atoms with Crippen LogP contribution in [0.25, 0.3) is 0 Å². The van der Waals surface area contributed by atoms with Gasteiger partial charge in [-0.1, -0.05) is 26.0 Å². The maximum atomic E-state index is 13.0. The molecule has 1 aromatic heterocycles. The molecular formula is C19H26BrN5O3S3. The third-order valence-electron chi connectivity index (χ3n) is 4.43. The van der Waals surface area contributed by atoms with Crippen molar-refractivity contribution in [2.24, 2.45) is 15.1 Å². The molecule has 2 aromatic rings. The lowest BCUT2D eigenvalue weighted by Gasteiger charge is -2.21. The number of nitrogens with zero attached hydrogens (tertiary/aromatic N) is 4. The second-order valence-corrected chi connectivity index (χ2v) is 11.1. The number of benzene rings is 1. The summed E-state index contributed by atoms with van der Waals surface area (Å²) in [6, 6.07) is 7.36. The summed E-state index contributed by atoms with van der Waals surface area (Å²) < 4.78 is 32.3. The van der Waals surface area contributed by atoms with Gasteiger partial charge >= 0.3 is 0 Å². The summed E-state index contributed by atoms with van der Waals surface area (Å²) in [6.07, 6.45) is 1.77. The van der Waals surface area contributed by atoms with E-state index in [0.717, 1.165) is 15.8 Å². The first-order valence-corrected chi connectivity index (χ1v) is 13.6. The summed E-state index contributed by atoms with van der Waals surface area (Å²) >= 11 is 5.64. The fourth-order valence-corrected chi connectivity index (χ4v) is 6.88. The molecule has 31 heavy (non-hydrogen) atoms. The molecule has 3 N–H and O–H groups in total. The number of likely N-dealkylation sites (N-methyl/N-ethyl adjacent to an activating group) is 1. The van der Waals surface area contributed by atoms with Gasteiger partial charge in [0.1, 0.15) is 0 Å². The zero-order chi connectivity index (χ0) is 23.3. The van der Waals surface area contributed by atoms with Crippen LogP contribution in [0.2, 0.25) is 0 Å². The summed E-state index contributed by atoms with van der Waals surface area (Å²) in [7, 11) is -2.15. The monoisotopic (exact) mass is 547 g/mol. The van der Waals surface area contributed by atoms with Crippen LogP contribution in [0.3, 0.4) is 0 Å². The number of halogens is 1. The number of sulfonamides is 1. The number of thiophene rings is 1. The number of hydrogen-bond donors (Lipinski definition) is 2. The first kappa shape index (κ1) is 25.7. The van der Waals surface area contributed by atoms with Gasteiger partial charge in [-0.05, 0) is 46.9 Å². The van der Waals surface area contributed by atoms with E-state index in [2.05, 4.69) is 25.3 Å². The molecule has 0 aliphatic rings. The van der Waals surface area contributed by atoms with Crippen molar-refractivity contribution in [3.63, 3.8) is 0 Å². The summed E-state index contributed by atoms with van der Waals surface area (Å²) in [5.74, 6) is 0.104. The van der Waals surface area contributed by atoms with Gasteiger partial charge in [-0.15, -0.1) is 11.3 Å². The Morgan fingerprint density at radius 2 is 1.90 bits per heavy atom. The number of aryl methyl sites for hydroxylation is 1. The first-order valence-electron chi connectivity index (χ1n) is 9.36. The average molecular weight is 549 g/mol. The van der Waals surface area contributed by atoms with Crippen LogP contribution in [0.4, 0.5) is 11.4 Å². The molecular weight excluding hydrogens is 522 g/mol. The molecule has 12 heteroatoms. The van der Waals surface area contributed by atoms with E-state index in [-0.39, 0.29) is 15.8 Å². The summed E-state index contributed by atoms with van der Waals surface area (Å²) in [5.41, 5.74) is 7.22. The molecule has 0 atom stereocenters. The normalized spacial score (nSPS) is 13.1. The number of aliphatic imine (C=N–C) groups is 1. The molecule has 8 nitrogen and oxygen atoms in total. The molecule has 0 bridgehead atoms. The highest BCUT2D eigenvalue weighted by atomic mass is 79.9. The fourth-order valence-electron chi connectivity index (χ4n) is 2.94. The lowest BCUT2D eigenvalue weighted by molar-refractivity contribution is 0.434. The molecule has 0 unspecified atom stereocenters. The van der Waals surface area contributed by atoms with Crippen LogP contribution in [0.1, 0.15) is 18.7 Å². The van der Waals surface area contributed by atoms with Gasteiger partial charge in [0.15, 0.2) is 21.6 Å². The van der Waals surface area contributed by atoms with E-state index in [4.69, 9.17) is 5.73 Å². The molecule has 0 amide bonds. The third-order valence-corrected chi connectivity index (χ3v) is 9.07. The van der Waals surface area contributed by atoms with Crippen molar-refractivity contribution >= 4 is 72.3 Å². The molecule has 1 heterocycles. The van der Waals surface area contributed by atoms with Crippen molar-refractivity contribution in [3.8, 4) is 5.75 Å². The largest absolute Gasteiger partial charge is 0.504 e. The molecule has 0 fully saturated rings. The van der Waals surface area contributed by atoms with Gasteiger partial charge in [-0.25, -0.2) is 13.4 Å². The minimum absolute atomic E-state index is 0.0969. The van der Waals surface area contributed by atoms with Crippen molar-refractivity contribution in [3.05, 3.63) is 33.6 Å². The van der Waals surface area contributed by atoms with E-state index in [1.165, 1.54) is 16.3 Å². The smallest absolute Gasteiger partial charge is 0.256 e. The van der Waals surface area contributed by atoms with Gasteiger partial charge in [0.05, 0.1) is 11.4 Å². The predicted octanol–water partition coefficient (Wildman–Crippen LogP) is 4.36. The lowest BCUT2D eigenvalue weighted by atomic mass is 10.3. The molecule has 0 saturated heterocycles. The van der Waals surface area contributed by atoms with Gasteiger partial charge in [0.25, 0.3) is 10.0 Å². The van der Waals surface area contributed by atoms with Gasteiger partial charge in [0, 0.05) is 35.7 Å². The van der Waals surface area contributed by atoms with E-state index in [0.29, 0.717) is 35.2 Å². The Morgan fingerprint density at radius 1 is 1.29 bits per heavy atom. The molecule has 0 radical (unpaired) electrons. The van der Waals surface area contributed by atoms with Crippen LogP contribution in [-0.4, -0.2) is 55.9 Å². The Hall–Kier alpha value is -1.60. The first-order chi connectivity index (χ1) is 14.6. The minimum atomic E-state index is -3.82. The van der Waals surface area contributed by atoms with Crippen molar-refractivity contribution in [2.45, 2.75) is 25.0 Å². The zero-order valence-corrected chi connectivity index (χ0v) is 22.0. The molecule has 1 aromatic carbocycles. The fraction of sp³-hybridized carbons (Fsp3) is 0.368.